The van der Waals surface area contributed by atoms with Gasteiger partial charge in [0.1, 0.15) is 0 Å². The molecule has 0 aromatic heterocycles. The highest BCUT2D eigenvalue weighted by Gasteiger charge is 2.20. The molecule has 1 fully saturated rings. The molecular weight excluding hydrogens is 200 g/mol. The van der Waals surface area contributed by atoms with Gasteiger partial charge in [0.25, 0.3) is 0 Å². The van der Waals surface area contributed by atoms with E-state index in [0.717, 1.165) is 25.8 Å². The maximum absolute atomic E-state index is 8.43. The van der Waals surface area contributed by atoms with Gasteiger partial charge in [-0.25, -0.2) is 0 Å². The lowest BCUT2D eigenvalue weighted by molar-refractivity contribution is 0.360. The van der Waals surface area contributed by atoms with Crippen LogP contribution in [0.2, 0.25) is 0 Å². The van der Waals surface area contributed by atoms with Crippen LogP contribution in [0.3, 0.4) is 0 Å². The molecule has 0 radical (unpaired) electrons. The van der Waals surface area contributed by atoms with Crippen LogP contribution >= 0.6 is 0 Å². The molecular formula is C12H16N4. The van der Waals surface area contributed by atoms with Gasteiger partial charge in [-0.15, -0.1) is 0 Å². The summed E-state index contributed by atoms with van der Waals surface area (Å²) < 4.78 is 0. The fourth-order valence-corrected chi connectivity index (χ4v) is 2.22. The van der Waals surface area contributed by atoms with Crippen molar-refractivity contribution in [1.82, 2.24) is 5.32 Å². The van der Waals surface area contributed by atoms with Crippen molar-refractivity contribution < 1.29 is 0 Å². The van der Waals surface area contributed by atoms with Crippen LogP contribution in [0.25, 0.3) is 10.4 Å². The second-order valence-corrected chi connectivity index (χ2v) is 4.22. The van der Waals surface area contributed by atoms with Gasteiger partial charge in [0, 0.05) is 17.0 Å². The number of rotatable bonds is 3. The number of azide groups is 1. The Balaban J connectivity index is 1.93. The van der Waals surface area contributed by atoms with E-state index in [1.807, 2.05) is 6.07 Å². The largest absolute Gasteiger partial charge is 0.314 e. The van der Waals surface area contributed by atoms with Crippen LogP contribution in [0, 0.1) is 0 Å². The van der Waals surface area contributed by atoms with Gasteiger partial charge in [-0.3, -0.25) is 0 Å². The second kappa shape index (κ2) is 5.54. The highest BCUT2D eigenvalue weighted by atomic mass is 15.2. The van der Waals surface area contributed by atoms with E-state index in [9.17, 15) is 0 Å². The van der Waals surface area contributed by atoms with E-state index >= 15 is 0 Å². The van der Waals surface area contributed by atoms with Crippen molar-refractivity contribution in [2.75, 3.05) is 6.54 Å². The summed E-state index contributed by atoms with van der Waals surface area (Å²) in [5, 5.41) is 7.29. The van der Waals surface area contributed by atoms with Crippen molar-refractivity contribution in [1.29, 1.82) is 0 Å². The van der Waals surface area contributed by atoms with E-state index in [1.54, 1.807) is 0 Å². The van der Waals surface area contributed by atoms with E-state index < -0.39 is 0 Å². The molecule has 1 aliphatic rings. The molecule has 4 heteroatoms. The third-order valence-corrected chi connectivity index (χ3v) is 3.01. The van der Waals surface area contributed by atoms with Crippen LogP contribution in [0.5, 0.6) is 0 Å². The standard InChI is InChI=1S/C12H16N4/c13-16-15-11-6-7-14-12(9-11)8-10-4-2-1-3-5-10/h1-5,11-12,14H,6-9H2. The van der Waals surface area contributed by atoms with Gasteiger partial charge in [-0.2, -0.15) is 0 Å². The Kier molecular flexibility index (Phi) is 3.81. The molecule has 2 rings (SSSR count). The fourth-order valence-electron chi connectivity index (χ4n) is 2.22. The molecule has 2 atom stereocenters. The van der Waals surface area contributed by atoms with Gasteiger partial charge < -0.3 is 5.32 Å². The Morgan fingerprint density at radius 3 is 2.94 bits per heavy atom. The van der Waals surface area contributed by atoms with Gasteiger partial charge in [-0.1, -0.05) is 35.4 Å². The van der Waals surface area contributed by atoms with Crippen LogP contribution in [0.4, 0.5) is 0 Å². The first kappa shape index (κ1) is 11.0. The van der Waals surface area contributed by atoms with E-state index in [2.05, 4.69) is 39.6 Å². The topological polar surface area (TPSA) is 60.8 Å². The van der Waals surface area contributed by atoms with Crippen LogP contribution in [-0.2, 0) is 6.42 Å². The van der Waals surface area contributed by atoms with Crippen LogP contribution in [0.15, 0.2) is 35.4 Å². The fraction of sp³-hybridized carbons (Fsp3) is 0.500. The number of nitrogens with zero attached hydrogens (tertiary/aromatic N) is 3. The lowest BCUT2D eigenvalue weighted by Gasteiger charge is -2.27. The average Bonchev–Trinajstić information content (AvgIpc) is 2.31. The first-order valence-electron chi connectivity index (χ1n) is 5.70. The average molecular weight is 216 g/mol. The number of benzene rings is 1. The molecule has 0 aliphatic carbocycles. The molecule has 0 bridgehead atoms. The normalized spacial score (nSPS) is 24.8. The summed E-state index contributed by atoms with van der Waals surface area (Å²) >= 11 is 0. The van der Waals surface area contributed by atoms with E-state index in [1.165, 1.54) is 5.56 Å². The number of nitrogens with one attached hydrogen (secondary N) is 1. The monoisotopic (exact) mass is 216 g/mol. The van der Waals surface area contributed by atoms with E-state index in [0.29, 0.717) is 6.04 Å². The first-order chi connectivity index (χ1) is 7.88. The predicted octanol–water partition coefficient (Wildman–Crippen LogP) is 2.66. The van der Waals surface area contributed by atoms with Crippen molar-refractivity contribution in [3.05, 3.63) is 46.3 Å². The van der Waals surface area contributed by atoms with Gasteiger partial charge >= 0.3 is 0 Å². The van der Waals surface area contributed by atoms with Crippen LogP contribution in [-0.4, -0.2) is 18.6 Å². The summed E-state index contributed by atoms with van der Waals surface area (Å²) in [7, 11) is 0. The maximum atomic E-state index is 8.43. The lowest BCUT2D eigenvalue weighted by atomic mass is 9.95. The minimum Gasteiger partial charge on any atom is -0.314 e. The summed E-state index contributed by atoms with van der Waals surface area (Å²) in [5.74, 6) is 0. The Morgan fingerprint density at radius 2 is 2.19 bits per heavy atom. The molecule has 2 unspecified atom stereocenters. The van der Waals surface area contributed by atoms with Gasteiger partial charge in [0.15, 0.2) is 0 Å². The zero-order chi connectivity index (χ0) is 11.2. The summed E-state index contributed by atoms with van der Waals surface area (Å²) in [4.78, 5) is 2.90. The summed E-state index contributed by atoms with van der Waals surface area (Å²) in [6.45, 7) is 0.946. The highest BCUT2D eigenvalue weighted by Crippen LogP contribution is 2.16. The van der Waals surface area contributed by atoms with Gasteiger partial charge in [-0.05, 0) is 36.9 Å². The first-order valence-corrected chi connectivity index (χ1v) is 5.70. The van der Waals surface area contributed by atoms with E-state index in [4.69, 9.17) is 5.53 Å². The Labute approximate surface area is 95.3 Å². The van der Waals surface area contributed by atoms with Gasteiger partial charge in [0.2, 0.25) is 0 Å². The van der Waals surface area contributed by atoms with Crippen molar-refractivity contribution in [2.24, 2.45) is 5.11 Å². The molecule has 84 valence electrons. The molecule has 1 saturated heterocycles. The SMILES string of the molecule is [N-]=[N+]=NC1CCNC(Cc2ccccc2)C1. The molecule has 1 heterocycles. The molecule has 0 saturated carbocycles. The maximum Gasteiger partial charge on any atom is 0.0401 e. The van der Waals surface area contributed by atoms with E-state index in [-0.39, 0.29) is 6.04 Å². The number of hydrogen-bond acceptors (Lipinski definition) is 2. The minimum absolute atomic E-state index is 0.167. The molecule has 1 aliphatic heterocycles. The Bertz CT molecular complexity index is 370. The molecule has 16 heavy (non-hydrogen) atoms. The zero-order valence-corrected chi connectivity index (χ0v) is 9.21. The number of hydrogen-bond donors (Lipinski definition) is 1. The van der Waals surface area contributed by atoms with Crippen molar-refractivity contribution in [2.45, 2.75) is 31.3 Å². The second-order valence-electron chi connectivity index (χ2n) is 4.22. The predicted molar refractivity (Wildman–Crippen MR) is 64.1 cm³/mol. The smallest absolute Gasteiger partial charge is 0.0401 e. The van der Waals surface area contributed by atoms with Crippen molar-refractivity contribution >= 4 is 0 Å². The quantitative estimate of drug-likeness (QED) is 0.471. The number of piperidine rings is 1. The lowest BCUT2D eigenvalue weighted by Crippen LogP contribution is -2.40. The van der Waals surface area contributed by atoms with Crippen LogP contribution in [0.1, 0.15) is 18.4 Å². The minimum atomic E-state index is 0.167. The molecule has 4 nitrogen and oxygen atoms in total. The third kappa shape index (κ3) is 2.99. The van der Waals surface area contributed by atoms with Gasteiger partial charge in [0.05, 0.1) is 0 Å². The summed E-state index contributed by atoms with van der Waals surface area (Å²) in [6.07, 6.45) is 2.91. The van der Waals surface area contributed by atoms with Crippen molar-refractivity contribution in [3.63, 3.8) is 0 Å². The Morgan fingerprint density at radius 1 is 1.38 bits per heavy atom. The summed E-state index contributed by atoms with van der Waals surface area (Å²) in [6, 6.07) is 11.0. The molecule has 0 amide bonds. The third-order valence-electron chi connectivity index (χ3n) is 3.01. The molecule has 0 spiro atoms. The molecule has 1 N–H and O–H groups in total. The highest BCUT2D eigenvalue weighted by molar-refractivity contribution is 5.16. The zero-order valence-electron chi connectivity index (χ0n) is 9.21. The summed E-state index contributed by atoms with van der Waals surface area (Å²) in [5.41, 5.74) is 9.77. The van der Waals surface area contributed by atoms with Crippen molar-refractivity contribution in [3.8, 4) is 0 Å². The Hall–Kier alpha value is -1.51. The molecule has 1 aromatic carbocycles. The van der Waals surface area contributed by atoms with Crippen LogP contribution < -0.4 is 5.32 Å². The molecule has 1 aromatic rings.